The quantitative estimate of drug-likeness (QED) is 0.756. The third-order valence-corrected chi connectivity index (χ3v) is 1.78. The van der Waals surface area contributed by atoms with E-state index in [1.165, 1.54) is 0 Å². The maximum Gasteiger partial charge on any atom is 0.239 e. The van der Waals surface area contributed by atoms with E-state index in [9.17, 15) is 4.79 Å². The Labute approximate surface area is 81.9 Å². The van der Waals surface area contributed by atoms with Crippen molar-refractivity contribution < 1.29 is 4.79 Å². The van der Waals surface area contributed by atoms with Gasteiger partial charge in [0.25, 0.3) is 0 Å². The Morgan fingerprint density at radius 1 is 1.77 bits per heavy atom. The minimum atomic E-state index is -0.218. The van der Waals surface area contributed by atoms with Crippen molar-refractivity contribution in [2.24, 2.45) is 0 Å². The molecule has 1 aromatic rings. The van der Waals surface area contributed by atoms with Gasteiger partial charge in [-0.05, 0) is 13.8 Å². The third-order valence-electron chi connectivity index (χ3n) is 1.54. The molecular formula is C8H12ClN3O. The van der Waals surface area contributed by atoms with Crippen molar-refractivity contribution in [2.45, 2.75) is 19.9 Å². The molecule has 0 aliphatic heterocycles. The molecule has 1 rings (SSSR count). The molecule has 0 radical (unpaired) electrons. The summed E-state index contributed by atoms with van der Waals surface area (Å²) in [6.07, 6.45) is 3.37. The number of carbonyl (C=O) groups excluding carboxylic acids is 1. The molecule has 1 N–H and O–H groups in total. The van der Waals surface area contributed by atoms with Gasteiger partial charge in [0.15, 0.2) is 0 Å². The first-order valence-corrected chi connectivity index (χ1v) is 4.57. The van der Waals surface area contributed by atoms with Gasteiger partial charge >= 0.3 is 0 Å². The fourth-order valence-electron chi connectivity index (χ4n) is 0.879. The second-order valence-corrected chi connectivity index (χ2v) is 3.25. The van der Waals surface area contributed by atoms with E-state index >= 15 is 0 Å². The topological polar surface area (TPSA) is 46.9 Å². The first-order valence-electron chi connectivity index (χ1n) is 4.03. The molecule has 0 aliphatic rings. The smallest absolute Gasteiger partial charge is 0.239 e. The summed E-state index contributed by atoms with van der Waals surface area (Å²) >= 11 is 5.33. The van der Waals surface area contributed by atoms with Crippen molar-refractivity contribution in [3.63, 3.8) is 0 Å². The molecule has 0 spiro atoms. The van der Waals surface area contributed by atoms with Crippen molar-refractivity contribution in [3.05, 3.63) is 12.4 Å². The van der Waals surface area contributed by atoms with Gasteiger partial charge < -0.3 is 5.32 Å². The number of nitrogens with zero attached hydrogens (tertiary/aromatic N) is 2. The lowest BCUT2D eigenvalue weighted by molar-refractivity contribution is -0.113. The molecular weight excluding hydrogens is 190 g/mol. The number of alkyl halides is 1. The molecule has 5 heteroatoms. The molecule has 0 atom stereocenters. The van der Waals surface area contributed by atoms with Crippen LogP contribution in [0.4, 0.5) is 5.69 Å². The number of amides is 1. The van der Waals surface area contributed by atoms with Crippen LogP contribution in [-0.2, 0) is 4.79 Å². The number of aromatic nitrogens is 2. The van der Waals surface area contributed by atoms with Crippen molar-refractivity contribution in [1.29, 1.82) is 0 Å². The monoisotopic (exact) mass is 201 g/mol. The molecule has 13 heavy (non-hydrogen) atoms. The average Bonchev–Trinajstić information content (AvgIpc) is 2.52. The number of halogens is 1. The Morgan fingerprint density at radius 2 is 2.46 bits per heavy atom. The van der Waals surface area contributed by atoms with Crippen molar-refractivity contribution in [2.75, 3.05) is 11.2 Å². The number of rotatable bonds is 3. The zero-order chi connectivity index (χ0) is 9.84. The Kier molecular flexibility index (Phi) is 3.31. The zero-order valence-electron chi connectivity index (χ0n) is 7.62. The van der Waals surface area contributed by atoms with Crippen LogP contribution in [0.5, 0.6) is 0 Å². The van der Waals surface area contributed by atoms with Gasteiger partial charge in [-0.15, -0.1) is 11.6 Å². The van der Waals surface area contributed by atoms with Crippen LogP contribution in [0, 0.1) is 0 Å². The molecule has 72 valence electrons. The van der Waals surface area contributed by atoms with Crippen LogP contribution in [0.15, 0.2) is 12.4 Å². The molecule has 4 nitrogen and oxygen atoms in total. The highest BCUT2D eigenvalue weighted by Crippen LogP contribution is 2.09. The molecule has 0 aromatic carbocycles. The lowest BCUT2D eigenvalue weighted by Gasteiger charge is -2.03. The van der Waals surface area contributed by atoms with Crippen LogP contribution in [0.3, 0.4) is 0 Å². The van der Waals surface area contributed by atoms with E-state index in [4.69, 9.17) is 11.6 Å². The number of carbonyl (C=O) groups is 1. The largest absolute Gasteiger partial charge is 0.322 e. The van der Waals surface area contributed by atoms with Gasteiger partial charge in [-0.1, -0.05) is 0 Å². The van der Waals surface area contributed by atoms with E-state index < -0.39 is 0 Å². The lowest BCUT2D eigenvalue weighted by atomic mass is 10.4. The number of hydrogen-bond donors (Lipinski definition) is 1. The molecule has 0 saturated carbocycles. The maximum absolute atomic E-state index is 10.9. The van der Waals surface area contributed by atoms with E-state index in [2.05, 4.69) is 10.4 Å². The van der Waals surface area contributed by atoms with Crippen molar-refractivity contribution in [3.8, 4) is 0 Å². The lowest BCUT2D eigenvalue weighted by Crippen LogP contribution is -2.11. The molecule has 0 bridgehead atoms. The highest BCUT2D eigenvalue weighted by Gasteiger charge is 2.03. The molecule has 0 aliphatic carbocycles. The first kappa shape index (κ1) is 10.1. The summed E-state index contributed by atoms with van der Waals surface area (Å²) in [6.45, 7) is 4.03. The summed E-state index contributed by atoms with van der Waals surface area (Å²) in [5.41, 5.74) is 0.680. The highest BCUT2D eigenvalue weighted by atomic mass is 35.5. The van der Waals surface area contributed by atoms with Crippen LogP contribution in [0.1, 0.15) is 19.9 Å². The molecule has 1 heterocycles. The predicted molar refractivity (Wildman–Crippen MR) is 52.0 cm³/mol. The normalized spacial score (nSPS) is 10.5. The van der Waals surface area contributed by atoms with Crippen LogP contribution in [-0.4, -0.2) is 21.6 Å². The molecule has 0 saturated heterocycles. The van der Waals surface area contributed by atoms with Gasteiger partial charge in [0.2, 0.25) is 5.91 Å². The summed E-state index contributed by atoms with van der Waals surface area (Å²) in [5.74, 6) is -0.252. The predicted octanol–water partition coefficient (Wildman–Crippen LogP) is 1.64. The Hall–Kier alpha value is -1.03. The average molecular weight is 202 g/mol. The zero-order valence-corrected chi connectivity index (χ0v) is 8.38. The SMILES string of the molecule is CC(C)n1cc(NC(=O)CCl)cn1. The number of hydrogen-bond acceptors (Lipinski definition) is 2. The summed E-state index contributed by atoms with van der Waals surface area (Å²) in [7, 11) is 0. The number of anilines is 1. The molecule has 1 aromatic heterocycles. The van der Waals surface area contributed by atoms with E-state index in [1.807, 2.05) is 13.8 Å². The van der Waals surface area contributed by atoms with Gasteiger partial charge in [-0.2, -0.15) is 5.10 Å². The van der Waals surface area contributed by atoms with Gasteiger partial charge in [0, 0.05) is 12.2 Å². The Balaban J connectivity index is 2.64. The van der Waals surface area contributed by atoms with Crippen LogP contribution in [0.2, 0.25) is 0 Å². The summed E-state index contributed by atoms with van der Waals surface area (Å²) < 4.78 is 1.77. The highest BCUT2D eigenvalue weighted by molar-refractivity contribution is 6.29. The van der Waals surface area contributed by atoms with Crippen molar-refractivity contribution >= 4 is 23.2 Å². The van der Waals surface area contributed by atoms with Gasteiger partial charge in [0.1, 0.15) is 5.88 Å². The van der Waals surface area contributed by atoms with E-state index in [0.717, 1.165) is 0 Å². The summed E-state index contributed by atoms with van der Waals surface area (Å²) in [5, 5.41) is 6.67. The fourth-order valence-corrected chi connectivity index (χ4v) is 0.946. The van der Waals surface area contributed by atoms with Gasteiger partial charge in [0.05, 0.1) is 11.9 Å². The Morgan fingerprint density at radius 3 is 2.92 bits per heavy atom. The minimum absolute atomic E-state index is 0.0349. The van der Waals surface area contributed by atoms with Crippen LogP contribution < -0.4 is 5.32 Å². The van der Waals surface area contributed by atoms with Gasteiger partial charge in [-0.3, -0.25) is 9.48 Å². The maximum atomic E-state index is 10.9. The third kappa shape index (κ3) is 2.73. The second-order valence-electron chi connectivity index (χ2n) is 2.98. The standard InChI is InChI=1S/C8H12ClN3O/c1-6(2)12-5-7(4-10-12)11-8(13)3-9/h4-6H,3H2,1-2H3,(H,11,13). The summed E-state index contributed by atoms with van der Waals surface area (Å²) in [4.78, 5) is 10.9. The first-order chi connectivity index (χ1) is 6.13. The molecule has 0 fully saturated rings. The van der Waals surface area contributed by atoms with Crippen LogP contribution in [0.25, 0.3) is 0 Å². The number of nitrogens with one attached hydrogen (secondary N) is 1. The van der Waals surface area contributed by atoms with Crippen LogP contribution >= 0.6 is 11.6 Å². The fraction of sp³-hybridized carbons (Fsp3) is 0.500. The van der Waals surface area contributed by atoms with Crippen molar-refractivity contribution in [1.82, 2.24) is 9.78 Å². The summed E-state index contributed by atoms with van der Waals surface area (Å²) in [6, 6.07) is 0.293. The van der Waals surface area contributed by atoms with E-state index in [-0.39, 0.29) is 11.8 Å². The van der Waals surface area contributed by atoms with E-state index in [1.54, 1.807) is 17.1 Å². The second kappa shape index (κ2) is 4.28. The van der Waals surface area contributed by atoms with E-state index in [0.29, 0.717) is 11.7 Å². The van der Waals surface area contributed by atoms with Gasteiger partial charge in [-0.25, -0.2) is 0 Å². The Bertz CT molecular complexity index is 295. The molecule has 0 unspecified atom stereocenters. The molecule has 1 amide bonds. The minimum Gasteiger partial charge on any atom is -0.322 e.